The summed E-state index contributed by atoms with van der Waals surface area (Å²) in [6.45, 7) is -2.22. The van der Waals surface area contributed by atoms with Crippen LogP contribution in [0, 0.1) is 15.5 Å². The van der Waals surface area contributed by atoms with E-state index in [9.17, 15) is 24.0 Å². The van der Waals surface area contributed by atoms with Crippen molar-refractivity contribution in [1.29, 1.82) is 5.41 Å². The Bertz CT molecular complexity index is 1260. The topological polar surface area (TPSA) is 141 Å². The second-order valence-electron chi connectivity index (χ2n) is 7.98. The SMILES string of the molecule is CN(C)CCN(C)c1cc(OC(F)F)c(Nc2nccc(C(=N)c3ccccc3O)n2)cc1[N+](=O)[O-]. The highest BCUT2D eigenvalue weighted by Crippen LogP contribution is 2.39. The fourth-order valence-corrected chi connectivity index (χ4v) is 3.27. The first-order valence-electron chi connectivity index (χ1n) is 10.7. The minimum atomic E-state index is -3.19. The Morgan fingerprint density at radius 1 is 1.22 bits per heavy atom. The lowest BCUT2D eigenvalue weighted by atomic mass is 10.1. The maximum atomic E-state index is 13.2. The molecule has 11 nitrogen and oxygen atoms in total. The van der Waals surface area contributed by atoms with Crippen LogP contribution >= 0.6 is 0 Å². The number of aromatic hydroxyl groups is 1. The zero-order valence-corrected chi connectivity index (χ0v) is 19.8. The number of phenolic OH excluding ortho intramolecular Hbond substituents is 1. The molecule has 0 aliphatic rings. The molecule has 190 valence electrons. The maximum absolute atomic E-state index is 13.2. The Labute approximate surface area is 205 Å². The first-order valence-corrected chi connectivity index (χ1v) is 10.7. The average Bonchev–Trinajstić information content (AvgIpc) is 2.83. The molecular weight excluding hydrogens is 476 g/mol. The van der Waals surface area contributed by atoms with E-state index in [4.69, 9.17) is 5.41 Å². The van der Waals surface area contributed by atoms with Crippen molar-refractivity contribution in [3.8, 4) is 11.5 Å². The number of hydrogen-bond donors (Lipinski definition) is 3. The molecule has 0 saturated heterocycles. The summed E-state index contributed by atoms with van der Waals surface area (Å²) >= 11 is 0. The second kappa shape index (κ2) is 11.4. The number of hydrogen-bond acceptors (Lipinski definition) is 10. The molecule has 0 saturated carbocycles. The van der Waals surface area contributed by atoms with Crippen LogP contribution in [-0.2, 0) is 0 Å². The second-order valence-corrected chi connectivity index (χ2v) is 7.98. The van der Waals surface area contributed by atoms with E-state index in [0.29, 0.717) is 13.1 Å². The van der Waals surface area contributed by atoms with Gasteiger partial charge in [-0.2, -0.15) is 8.78 Å². The minimum absolute atomic E-state index is 0.0963. The standard InChI is InChI=1S/C23H25F2N7O4/c1-30(2)10-11-31(3)17-13-20(36-22(24)25)16(12-18(17)32(34)35)29-23-27-9-8-15(28-23)21(26)14-6-4-5-7-19(14)33/h4-9,12-13,22,26,33H,10-11H2,1-3H3,(H,27,28,29). The fraction of sp³-hybridized carbons (Fsp3) is 0.261. The number of nitro groups is 1. The molecule has 3 aromatic rings. The highest BCUT2D eigenvalue weighted by Gasteiger charge is 2.24. The van der Waals surface area contributed by atoms with Crippen molar-refractivity contribution in [1.82, 2.24) is 14.9 Å². The molecule has 2 aromatic carbocycles. The van der Waals surface area contributed by atoms with Gasteiger partial charge in [-0.05, 0) is 32.3 Å². The van der Waals surface area contributed by atoms with E-state index < -0.39 is 11.5 Å². The van der Waals surface area contributed by atoms with Crippen molar-refractivity contribution >= 4 is 28.7 Å². The summed E-state index contributed by atoms with van der Waals surface area (Å²) in [5, 5.41) is 32.9. The van der Waals surface area contributed by atoms with Crippen LogP contribution in [0.25, 0.3) is 0 Å². The van der Waals surface area contributed by atoms with Crippen molar-refractivity contribution in [2.75, 3.05) is 44.4 Å². The van der Waals surface area contributed by atoms with Crippen molar-refractivity contribution in [2.45, 2.75) is 6.61 Å². The zero-order valence-electron chi connectivity index (χ0n) is 19.8. The Kier molecular flexibility index (Phi) is 8.27. The number of phenols is 1. The van der Waals surface area contributed by atoms with Gasteiger partial charge in [0.25, 0.3) is 5.69 Å². The smallest absolute Gasteiger partial charge is 0.387 e. The van der Waals surface area contributed by atoms with Crippen LogP contribution in [0.4, 0.5) is 31.8 Å². The third-order valence-corrected chi connectivity index (χ3v) is 5.11. The van der Waals surface area contributed by atoms with Gasteiger partial charge >= 0.3 is 6.61 Å². The molecule has 3 N–H and O–H groups in total. The van der Waals surface area contributed by atoms with Gasteiger partial charge in [0, 0.05) is 44.0 Å². The summed E-state index contributed by atoms with van der Waals surface area (Å²) in [5.41, 5.74) is -0.147. The number of nitro benzene ring substituents is 1. The van der Waals surface area contributed by atoms with E-state index in [1.54, 1.807) is 24.1 Å². The Hall–Kier alpha value is -4.39. The molecule has 0 amide bonds. The van der Waals surface area contributed by atoms with Crippen LogP contribution in [0.2, 0.25) is 0 Å². The van der Waals surface area contributed by atoms with E-state index in [1.807, 2.05) is 19.0 Å². The van der Waals surface area contributed by atoms with Gasteiger partial charge in [-0.3, -0.25) is 15.5 Å². The third-order valence-electron chi connectivity index (χ3n) is 5.11. The van der Waals surface area contributed by atoms with E-state index in [1.165, 1.54) is 24.4 Å². The van der Waals surface area contributed by atoms with Gasteiger partial charge in [0.05, 0.1) is 22.0 Å². The molecular formula is C23H25F2N7O4. The molecule has 0 aliphatic heterocycles. The molecule has 0 unspecified atom stereocenters. The molecule has 0 atom stereocenters. The molecule has 0 fully saturated rings. The van der Waals surface area contributed by atoms with Crippen LogP contribution in [0.5, 0.6) is 11.5 Å². The van der Waals surface area contributed by atoms with E-state index in [-0.39, 0.29) is 51.5 Å². The van der Waals surface area contributed by atoms with Crippen molar-refractivity contribution in [3.05, 3.63) is 70.0 Å². The molecule has 0 spiro atoms. The predicted octanol–water partition coefficient (Wildman–Crippen LogP) is 3.85. The van der Waals surface area contributed by atoms with Gasteiger partial charge in [0.15, 0.2) is 5.75 Å². The lowest BCUT2D eigenvalue weighted by molar-refractivity contribution is -0.384. The van der Waals surface area contributed by atoms with Crippen LogP contribution in [0.15, 0.2) is 48.7 Å². The number of anilines is 3. The number of para-hydroxylation sites is 1. The van der Waals surface area contributed by atoms with Crippen LogP contribution in [0.1, 0.15) is 11.3 Å². The monoisotopic (exact) mass is 501 g/mol. The summed E-state index contributed by atoms with van der Waals surface area (Å²) in [7, 11) is 5.30. The maximum Gasteiger partial charge on any atom is 0.387 e. The van der Waals surface area contributed by atoms with Gasteiger partial charge in [0.1, 0.15) is 11.4 Å². The predicted molar refractivity (Wildman–Crippen MR) is 131 cm³/mol. The van der Waals surface area contributed by atoms with Gasteiger partial charge in [-0.25, -0.2) is 9.97 Å². The number of nitrogens with one attached hydrogen (secondary N) is 2. The summed E-state index contributed by atoms with van der Waals surface area (Å²) < 4.78 is 31.0. The van der Waals surface area contributed by atoms with Gasteiger partial charge in [-0.15, -0.1) is 0 Å². The Morgan fingerprint density at radius 3 is 2.58 bits per heavy atom. The molecule has 13 heteroatoms. The number of rotatable bonds is 11. The quantitative estimate of drug-likeness (QED) is 0.203. The first-order chi connectivity index (χ1) is 17.1. The number of halogens is 2. The highest BCUT2D eigenvalue weighted by atomic mass is 19.3. The lowest BCUT2D eigenvalue weighted by Gasteiger charge is -2.23. The zero-order chi connectivity index (χ0) is 26.4. The Morgan fingerprint density at radius 2 is 1.94 bits per heavy atom. The van der Waals surface area contributed by atoms with Crippen LogP contribution in [-0.4, -0.2) is 71.5 Å². The van der Waals surface area contributed by atoms with E-state index in [0.717, 1.165) is 12.1 Å². The Balaban J connectivity index is 2.00. The highest BCUT2D eigenvalue weighted by molar-refractivity contribution is 6.11. The molecule has 0 aliphatic carbocycles. The van der Waals surface area contributed by atoms with Crippen molar-refractivity contribution in [3.63, 3.8) is 0 Å². The van der Waals surface area contributed by atoms with E-state index in [2.05, 4.69) is 20.0 Å². The van der Waals surface area contributed by atoms with Crippen molar-refractivity contribution < 1.29 is 23.5 Å². The van der Waals surface area contributed by atoms with E-state index >= 15 is 0 Å². The van der Waals surface area contributed by atoms with Crippen molar-refractivity contribution in [2.24, 2.45) is 0 Å². The number of aromatic nitrogens is 2. The number of nitrogens with zero attached hydrogens (tertiary/aromatic N) is 5. The molecule has 0 bridgehead atoms. The van der Waals surface area contributed by atoms with Gasteiger partial charge < -0.3 is 25.0 Å². The van der Waals surface area contributed by atoms with Gasteiger partial charge in [0.2, 0.25) is 5.95 Å². The summed E-state index contributed by atoms with van der Waals surface area (Å²) in [6.07, 6.45) is 1.32. The summed E-state index contributed by atoms with van der Waals surface area (Å²) in [6, 6.07) is 9.89. The largest absolute Gasteiger partial charge is 0.507 e. The molecule has 0 radical (unpaired) electrons. The third kappa shape index (κ3) is 6.39. The number of likely N-dealkylation sites (N-methyl/N-ethyl adjacent to an activating group) is 2. The molecule has 36 heavy (non-hydrogen) atoms. The number of ether oxygens (including phenoxy) is 1. The number of benzene rings is 2. The fourth-order valence-electron chi connectivity index (χ4n) is 3.27. The minimum Gasteiger partial charge on any atom is -0.507 e. The first kappa shape index (κ1) is 26.2. The van der Waals surface area contributed by atoms with Gasteiger partial charge in [-0.1, -0.05) is 12.1 Å². The summed E-state index contributed by atoms with van der Waals surface area (Å²) in [4.78, 5) is 22.9. The number of alkyl halides is 2. The van der Waals surface area contributed by atoms with Crippen LogP contribution < -0.4 is 15.0 Å². The lowest BCUT2D eigenvalue weighted by Crippen LogP contribution is -2.29. The van der Waals surface area contributed by atoms with Crippen LogP contribution in [0.3, 0.4) is 0 Å². The molecule has 3 rings (SSSR count). The summed E-state index contributed by atoms with van der Waals surface area (Å²) in [5.74, 6) is -0.574. The normalized spacial score (nSPS) is 11.0. The average molecular weight is 501 g/mol. The molecule has 1 heterocycles. The molecule has 1 aromatic heterocycles.